The van der Waals surface area contributed by atoms with Crippen LogP contribution in [0.3, 0.4) is 0 Å². The number of nitrogens with one attached hydrogen (secondary N) is 2. The molecule has 0 unspecified atom stereocenters. The molecule has 1 amide bonds. The summed E-state index contributed by atoms with van der Waals surface area (Å²) in [6.45, 7) is 0.786. The van der Waals surface area contributed by atoms with Crippen molar-refractivity contribution in [3.8, 4) is 11.5 Å². The maximum Gasteiger partial charge on any atom is 0.215 e. The van der Waals surface area contributed by atoms with Crippen LogP contribution in [0.1, 0.15) is 18.2 Å². The number of aliphatic hydroxyl groups is 3. The minimum Gasteiger partial charge on any atom is -0.394 e. The number of hydrogen-bond donors (Lipinski definition) is 5. The van der Waals surface area contributed by atoms with Gasteiger partial charge in [0.15, 0.2) is 40.5 Å². The third-order valence-electron chi connectivity index (χ3n) is 6.89. The monoisotopic (exact) mass is 571 g/mol. The maximum absolute atomic E-state index is 12.1. The summed E-state index contributed by atoms with van der Waals surface area (Å²) in [6.07, 6.45) is -1.91. The SMILES string of the molecule is O=CN(Cc1ccc(Cl)cc1)c1n[nH]nc1-c1nc(N[C@@H]2CCOC2)c2ncn([C@@H]3O[C@H](CO)[C@@H](O)[C@H]3O)c2n1. The first-order valence-corrected chi connectivity index (χ1v) is 12.9. The molecule has 6 rings (SSSR count). The number of aromatic amines is 1. The van der Waals surface area contributed by atoms with E-state index in [1.807, 2.05) is 0 Å². The van der Waals surface area contributed by atoms with E-state index in [4.69, 9.17) is 21.1 Å². The largest absolute Gasteiger partial charge is 0.394 e. The molecule has 5 N–H and O–H groups in total. The molecule has 2 saturated heterocycles. The highest BCUT2D eigenvalue weighted by Crippen LogP contribution is 2.34. The number of rotatable bonds is 9. The number of imidazole rings is 1. The standard InChI is InChI=1S/C24H26ClN9O6/c25-13-3-1-12(2-4-13)7-33(11-36)23-17(30-32-31-23)21-28-20(27-14-5-6-39-9-14)16-22(29-21)34(10-26-16)24-19(38)18(37)15(8-35)40-24/h1-4,10-11,14-15,18-19,24,35,37-38H,5-9H2,(H,27,28,29)(H,30,31,32)/t14-,15-,18-,19-,24-/m1/s1. The van der Waals surface area contributed by atoms with Crippen molar-refractivity contribution in [3.05, 3.63) is 41.2 Å². The van der Waals surface area contributed by atoms with Crippen molar-refractivity contribution in [2.24, 2.45) is 0 Å². The van der Waals surface area contributed by atoms with E-state index in [9.17, 15) is 20.1 Å². The molecule has 15 nitrogen and oxygen atoms in total. The first kappa shape index (κ1) is 26.5. The number of nitrogens with zero attached hydrogens (tertiary/aromatic N) is 7. The van der Waals surface area contributed by atoms with E-state index in [0.717, 1.165) is 12.0 Å². The Hall–Kier alpha value is -3.73. The number of halogens is 1. The summed E-state index contributed by atoms with van der Waals surface area (Å²) < 4.78 is 12.7. The van der Waals surface area contributed by atoms with Crippen LogP contribution >= 0.6 is 11.6 Å². The van der Waals surface area contributed by atoms with E-state index >= 15 is 0 Å². The van der Waals surface area contributed by atoms with Gasteiger partial charge in [0.05, 0.1) is 32.1 Å². The summed E-state index contributed by atoms with van der Waals surface area (Å²) in [6, 6.07) is 7.02. The van der Waals surface area contributed by atoms with Gasteiger partial charge >= 0.3 is 0 Å². The molecule has 4 aromatic rings. The molecule has 16 heteroatoms. The molecule has 0 aliphatic carbocycles. The second-order valence-corrected chi connectivity index (χ2v) is 9.95. The molecule has 0 saturated carbocycles. The molecule has 3 aromatic heterocycles. The molecule has 1 aromatic carbocycles. The quantitative estimate of drug-likeness (QED) is 0.172. The van der Waals surface area contributed by atoms with E-state index in [-0.39, 0.29) is 35.6 Å². The van der Waals surface area contributed by atoms with E-state index in [0.29, 0.717) is 36.0 Å². The molecule has 2 aliphatic rings. The molecule has 2 aliphatic heterocycles. The topological polar surface area (TPSA) is 197 Å². The lowest BCUT2D eigenvalue weighted by atomic mass is 10.1. The van der Waals surface area contributed by atoms with Crippen LogP contribution in [-0.4, -0.2) is 101 Å². The number of anilines is 2. The van der Waals surface area contributed by atoms with Gasteiger partial charge in [-0.2, -0.15) is 10.3 Å². The van der Waals surface area contributed by atoms with Crippen LogP contribution in [0.2, 0.25) is 5.02 Å². The van der Waals surface area contributed by atoms with Gasteiger partial charge in [0, 0.05) is 11.6 Å². The number of fused-ring (bicyclic) bond motifs is 1. The zero-order valence-electron chi connectivity index (χ0n) is 21.0. The highest BCUT2D eigenvalue weighted by Gasteiger charge is 2.44. The van der Waals surface area contributed by atoms with Crippen LogP contribution in [0, 0.1) is 0 Å². The van der Waals surface area contributed by atoms with Gasteiger partial charge in [0.25, 0.3) is 0 Å². The molecule has 5 atom stereocenters. The number of H-pyrrole nitrogens is 1. The van der Waals surface area contributed by atoms with Gasteiger partial charge in [-0.25, -0.2) is 15.0 Å². The van der Waals surface area contributed by atoms with Gasteiger partial charge in [-0.1, -0.05) is 23.7 Å². The molecular weight excluding hydrogens is 546 g/mol. The maximum atomic E-state index is 12.1. The van der Waals surface area contributed by atoms with Crippen molar-refractivity contribution in [2.45, 2.75) is 43.5 Å². The van der Waals surface area contributed by atoms with Gasteiger partial charge in [0.1, 0.15) is 18.3 Å². The average molecular weight is 572 g/mol. The third kappa shape index (κ3) is 4.87. The Morgan fingerprint density at radius 2 is 2.02 bits per heavy atom. The van der Waals surface area contributed by atoms with Crippen LogP contribution in [0.25, 0.3) is 22.7 Å². The Morgan fingerprint density at radius 3 is 2.73 bits per heavy atom. The number of benzene rings is 1. The van der Waals surface area contributed by atoms with Gasteiger partial charge in [-0.3, -0.25) is 14.3 Å². The molecule has 210 valence electrons. The first-order valence-electron chi connectivity index (χ1n) is 12.6. The van der Waals surface area contributed by atoms with Crippen LogP contribution < -0.4 is 10.2 Å². The highest BCUT2D eigenvalue weighted by molar-refractivity contribution is 6.30. The second-order valence-electron chi connectivity index (χ2n) is 9.51. The Balaban J connectivity index is 1.42. The second kappa shape index (κ2) is 11.0. The lowest BCUT2D eigenvalue weighted by Crippen LogP contribution is -2.33. The lowest BCUT2D eigenvalue weighted by Gasteiger charge is -2.18. The van der Waals surface area contributed by atoms with Crippen LogP contribution in [0.15, 0.2) is 30.6 Å². The molecule has 0 bridgehead atoms. The predicted molar refractivity (Wildman–Crippen MR) is 140 cm³/mol. The minimum atomic E-state index is -1.35. The minimum absolute atomic E-state index is 0.0295. The fourth-order valence-corrected chi connectivity index (χ4v) is 4.91. The van der Waals surface area contributed by atoms with Crippen molar-refractivity contribution in [3.63, 3.8) is 0 Å². The summed E-state index contributed by atoms with van der Waals surface area (Å²) >= 11 is 6.00. The van der Waals surface area contributed by atoms with Gasteiger partial charge in [-0.05, 0) is 24.1 Å². The van der Waals surface area contributed by atoms with Crippen LogP contribution in [0.4, 0.5) is 11.6 Å². The fraction of sp³-hybridized carbons (Fsp3) is 0.417. The lowest BCUT2D eigenvalue weighted by molar-refractivity contribution is -0.107. The average Bonchev–Trinajstić information content (AvgIpc) is 3.77. The van der Waals surface area contributed by atoms with E-state index in [1.54, 1.807) is 24.3 Å². The number of hydrogen-bond acceptors (Lipinski definition) is 12. The van der Waals surface area contributed by atoms with Crippen molar-refractivity contribution >= 4 is 40.8 Å². The van der Waals surface area contributed by atoms with Crippen molar-refractivity contribution in [1.29, 1.82) is 0 Å². The molecule has 5 heterocycles. The number of carbonyl (C=O) groups is 1. The Kier molecular flexibility index (Phi) is 7.31. The fourth-order valence-electron chi connectivity index (χ4n) is 4.78. The number of aliphatic hydroxyl groups excluding tert-OH is 3. The van der Waals surface area contributed by atoms with E-state index in [2.05, 4.69) is 35.7 Å². The van der Waals surface area contributed by atoms with E-state index in [1.165, 1.54) is 15.8 Å². The number of amides is 1. The zero-order valence-corrected chi connectivity index (χ0v) is 21.7. The van der Waals surface area contributed by atoms with E-state index < -0.39 is 31.1 Å². The van der Waals surface area contributed by atoms with Gasteiger partial charge < -0.3 is 30.1 Å². The molecule has 2 fully saturated rings. The molecule has 0 radical (unpaired) electrons. The normalized spacial score (nSPS) is 24.6. The van der Waals surface area contributed by atoms with Gasteiger partial charge in [-0.15, -0.1) is 5.10 Å². The predicted octanol–water partition coefficient (Wildman–Crippen LogP) is 0.240. The van der Waals surface area contributed by atoms with Crippen molar-refractivity contribution in [1.82, 2.24) is 34.9 Å². The van der Waals surface area contributed by atoms with Crippen molar-refractivity contribution < 1.29 is 29.6 Å². The van der Waals surface area contributed by atoms with Gasteiger partial charge in [0.2, 0.25) is 6.41 Å². The van der Waals surface area contributed by atoms with Crippen molar-refractivity contribution in [2.75, 3.05) is 30.0 Å². The molecule has 0 spiro atoms. The third-order valence-corrected chi connectivity index (χ3v) is 7.14. The molecule has 40 heavy (non-hydrogen) atoms. The number of aromatic nitrogens is 7. The highest BCUT2D eigenvalue weighted by atomic mass is 35.5. The summed E-state index contributed by atoms with van der Waals surface area (Å²) in [7, 11) is 0. The summed E-state index contributed by atoms with van der Waals surface area (Å²) in [5.74, 6) is 0.692. The number of ether oxygens (including phenoxy) is 2. The summed E-state index contributed by atoms with van der Waals surface area (Å²) in [5.41, 5.74) is 1.66. The Morgan fingerprint density at radius 1 is 1.20 bits per heavy atom. The van der Waals surface area contributed by atoms with Crippen LogP contribution in [-0.2, 0) is 20.8 Å². The van der Waals surface area contributed by atoms with Crippen LogP contribution in [0.5, 0.6) is 0 Å². The Labute approximate surface area is 231 Å². The summed E-state index contributed by atoms with van der Waals surface area (Å²) in [5, 5.41) is 45.4. The smallest absolute Gasteiger partial charge is 0.215 e. The molecular formula is C24H26ClN9O6. The summed E-state index contributed by atoms with van der Waals surface area (Å²) in [4.78, 5) is 27.3. The zero-order chi connectivity index (χ0) is 27.8. The number of carbonyl (C=O) groups excluding carboxylic acids is 1. The first-order chi connectivity index (χ1) is 19.5. The Bertz CT molecular complexity index is 1490.